The monoisotopic (exact) mass is 254 g/mol. The van der Waals surface area contributed by atoms with Gasteiger partial charge in [0.1, 0.15) is 0 Å². The minimum absolute atomic E-state index is 0.218. The van der Waals surface area contributed by atoms with Crippen LogP contribution in [0.15, 0.2) is 30.6 Å². The summed E-state index contributed by atoms with van der Waals surface area (Å²) in [5.41, 5.74) is 1.21. The minimum atomic E-state index is -1.45. The fourth-order valence-corrected chi connectivity index (χ4v) is 1.65. The highest BCUT2D eigenvalue weighted by atomic mass is 19.2. The Bertz CT molecular complexity index is 526. The van der Waals surface area contributed by atoms with E-state index in [9.17, 15) is 13.2 Å². The van der Waals surface area contributed by atoms with E-state index in [4.69, 9.17) is 0 Å². The molecule has 0 unspecified atom stereocenters. The van der Waals surface area contributed by atoms with Gasteiger partial charge in [-0.3, -0.25) is 0 Å². The molecule has 0 atom stereocenters. The van der Waals surface area contributed by atoms with Gasteiger partial charge in [-0.1, -0.05) is 0 Å². The molecule has 0 aliphatic heterocycles. The van der Waals surface area contributed by atoms with Crippen molar-refractivity contribution in [1.82, 2.24) is 4.57 Å². The summed E-state index contributed by atoms with van der Waals surface area (Å²) >= 11 is 0. The van der Waals surface area contributed by atoms with Gasteiger partial charge in [-0.05, 0) is 18.6 Å². The van der Waals surface area contributed by atoms with Crippen LogP contribution in [0.1, 0.15) is 12.5 Å². The number of benzene rings is 1. The second kappa shape index (κ2) is 5.16. The van der Waals surface area contributed by atoms with Gasteiger partial charge in [0.15, 0.2) is 17.5 Å². The normalized spacial score (nSPS) is 10.7. The SMILES string of the molecule is CCn1ccc(CNc2cc(F)c(F)c(F)c2)c1. The Labute approximate surface area is 103 Å². The molecular weight excluding hydrogens is 241 g/mol. The van der Waals surface area contributed by atoms with Crippen LogP contribution in [-0.2, 0) is 13.1 Å². The number of aromatic nitrogens is 1. The van der Waals surface area contributed by atoms with Crippen LogP contribution in [0.3, 0.4) is 0 Å². The third kappa shape index (κ3) is 2.67. The molecule has 2 nitrogen and oxygen atoms in total. The molecule has 1 aromatic carbocycles. The number of hydrogen-bond acceptors (Lipinski definition) is 1. The molecule has 1 heterocycles. The summed E-state index contributed by atoms with van der Waals surface area (Å²) < 4.78 is 40.7. The molecule has 0 bridgehead atoms. The molecule has 0 aliphatic rings. The Hall–Kier alpha value is -1.91. The molecule has 0 amide bonds. The Balaban J connectivity index is 2.06. The van der Waals surface area contributed by atoms with Crippen LogP contribution in [0.2, 0.25) is 0 Å². The molecule has 96 valence electrons. The second-order valence-electron chi connectivity index (χ2n) is 3.96. The lowest BCUT2D eigenvalue weighted by Crippen LogP contribution is -2.01. The van der Waals surface area contributed by atoms with Crippen LogP contribution < -0.4 is 5.32 Å². The van der Waals surface area contributed by atoms with Crippen molar-refractivity contribution in [1.29, 1.82) is 0 Å². The maximum absolute atomic E-state index is 13.0. The molecule has 2 rings (SSSR count). The molecule has 5 heteroatoms. The van der Waals surface area contributed by atoms with Crippen LogP contribution in [-0.4, -0.2) is 4.57 Å². The summed E-state index contributed by atoms with van der Waals surface area (Å²) in [7, 11) is 0. The van der Waals surface area contributed by atoms with Gasteiger partial charge in [0, 0.05) is 43.3 Å². The van der Waals surface area contributed by atoms with Gasteiger partial charge < -0.3 is 9.88 Å². The quantitative estimate of drug-likeness (QED) is 0.826. The first-order valence-corrected chi connectivity index (χ1v) is 5.63. The Morgan fingerprint density at radius 2 is 1.83 bits per heavy atom. The van der Waals surface area contributed by atoms with Crippen molar-refractivity contribution in [3.05, 3.63) is 53.6 Å². The molecule has 1 N–H and O–H groups in total. The molecule has 0 spiro atoms. The van der Waals surface area contributed by atoms with E-state index in [0.717, 1.165) is 24.2 Å². The van der Waals surface area contributed by atoms with Gasteiger partial charge in [-0.25, -0.2) is 13.2 Å². The smallest absolute Gasteiger partial charge is 0.194 e. The summed E-state index contributed by atoms with van der Waals surface area (Å²) in [6.45, 7) is 3.30. The lowest BCUT2D eigenvalue weighted by Gasteiger charge is -2.06. The Kier molecular flexibility index (Phi) is 3.60. The standard InChI is InChI=1S/C13H13F3N2/c1-2-18-4-3-9(8-18)7-17-10-5-11(14)13(16)12(15)6-10/h3-6,8,17H,2,7H2,1H3. The van der Waals surface area contributed by atoms with Crippen LogP contribution in [0.25, 0.3) is 0 Å². The average molecular weight is 254 g/mol. The molecule has 0 saturated heterocycles. The fraction of sp³-hybridized carbons (Fsp3) is 0.231. The highest BCUT2D eigenvalue weighted by Crippen LogP contribution is 2.18. The number of hydrogen-bond donors (Lipinski definition) is 1. The van der Waals surface area contributed by atoms with Gasteiger partial charge in [0.05, 0.1) is 0 Å². The molecule has 0 fully saturated rings. The van der Waals surface area contributed by atoms with E-state index >= 15 is 0 Å². The summed E-state index contributed by atoms with van der Waals surface area (Å²) in [5, 5.41) is 2.85. The predicted molar refractivity (Wildman–Crippen MR) is 63.7 cm³/mol. The summed E-state index contributed by atoms with van der Waals surface area (Å²) in [4.78, 5) is 0. The van der Waals surface area contributed by atoms with Gasteiger partial charge in [-0.15, -0.1) is 0 Å². The van der Waals surface area contributed by atoms with Crippen LogP contribution in [0, 0.1) is 17.5 Å². The highest BCUT2D eigenvalue weighted by molar-refractivity contribution is 5.44. The number of anilines is 1. The zero-order chi connectivity index (χ0) is 13.1. The molecule has 0 radical (unpaired) electrons. The van der Waals surface area contributed by atoms with E-state index in [1.54, 1.807) is 0 Å². The topological polar surface area (TPSA) is 17.0 Å². The van der Waals surface area contributed by atoms with E-state index in [1.807, 2.05) is 30.0 Å². The van der Waals surface area contributed by atoms with Crippen molar-refractivity contribution in [2.45, 2.75) is 20.0 Å². The lowest BCUT2D eigenvalue weighted by atomic mass is 10.2. The van der Waals surface area contributed by atoms with E-state index in [-0.39, 0.29) is 5.69 Å². The first-order valence-electron chi connectivity index (χ1n) is 5.63. The van der Waals surface area contributed by atoms with Crippen molar-refractivity contribution in [3.63, 3.8) is 0 Å². The number of aryl methyl sites for hydroxylation is 1. The third-order valence-corrected chi connectivity index (χ3v) is 2.66. The maximum atomic E-state index is 13.0. The zero-order valence-electron chi connectivity index (χ0n) is 9.88. The predicted octanol–water partition coefficient (Wildman–Crippen LogP) is 3.54. The van der Waals surface area contributed by atoms with Crippen LogP contribution >= 0.6 is 0 Å². The van der Waals surface area contributed by atoms with Crippen molar-refractivity contribution < 1.29 is 13.2 Å². The molecular formula is C13H13F3N2. The summed E-state index contributed by atoms with van der Waals surface area (Å²) in [6, 6.07) is 3.79. The van der Waals surface area contributed by atoms with E-state index in [1.165, 1.54) is 0 Å². The first-order chi connectivity index (χ1) is 8.60. The van der Waals surface area contributed by atoms with Gasteiger partial charge in [0.2, 0.25) is 0 Å². The van der Waals surface area contributed by atoms with Crippen LogP contribution in [0.5, 0.6) is 0 Å². The highest BCUT2D eigenvalue weighted by Gasteiger charge is 2.10. The van der Waals surface area contributed by atoms with Crippen molar-refractivity contribution >= 4 is 5.69 Å². The van der Waals surface area contributed by atoms with E-state index in [2.05, 4.69) is 5.32 Å². The average Bonchev–Trinajstić information content (AvgIpc) is 2.81. The third-order valence-electron chi connectivity index (χ3n) is 2.66. The Morgan fingerprint density at radius 3 is 2.39 bits per heavy atom. The molecule has 2 aromatic rings. The molecule has 1 aromatic heterocycles. The van der Waals surface area contributed by atoms with Crippen molar-refractivity contribution in [2.75, 3.05) is 5.32 Å². The molecule has 0 aliphatic carbocycles. The van der Waals surface area contributed by atoms with Crippen LogP contribution in [0.4, 0.5) is 18.9 Å². The van der Waals surface area contributed by atoms with E-state index in [0.29, 0.717) is 6.54 Å². The second-order valence-corrected chi connectivity index (χ2v) is 3.96. The zero-order valence-corrected chi connectivity index (χ0v) is 9.88. The summed E-state index contributed by atoms with van der Waals surface area (Å²) in [6.07, 6.45) is 3.85. The van der Waals surface area contributed by atoms with Gasteiger partial charge >= 0.3 is 0 Å². The Morgan fingerprint density at radius 1 is 1.17 bits per heavy atom. The number of halogens is 3. The molecule has 0 saturated carbocycles. The van der Waals surface area contributed by atoms with Gasteiger partial charge in [0.25, 0.3) is 0 Å². The van der Waals surface area contributed by atoms with E-state index < -0.39 is 17.5 Å². The molecule has 18 heavy (non-hydrogen) atoms. The van der Waals surface area contributed by atoms with Crippen molar-refractivity contribution in [2.24, 2.45) is 0 Å². The summed E-state index contributed by atoms with van der Waals surface area (Å²) in [5.74, 6) is -3.83. The number of nitrogens with zero attached hydrogens (tertiary/aromatic N) is 1. The largest absolute Gasteiger partial charge is 0.381 e. The lowest BCUT2D eigenvalue weighted by molar-refractivity contribution is 0.447. The number of rotatable bonds is 4. The minimum Gasteiger partial charge on any atom is -0.381 e. The number of nitrogens with one attached hydrogen (secondary N) is 1. The first kappa shape index (κ1) is 12.5. The van der Waals surface area contributed by atoms with Crippen molar-refractivity contribution in [3.8, 4) is 0 Å². The maximum Gasteiger partial charge on any atom is 0.194 e. The fourth-order valence-electron chi connectivity index (χ4n) is 1.65. The van der Waals surface area contributed by atoms with Gasteiger partial charge in [-0.2, -0.15) is 0 Å².